The van der Waals surface area contributed by atoms with Gasteiger partial charge in [-0.25, -0.2) is 4.68 Å². The highest BCUT2D eigenvalue weighted by atomic mass is 32.2. The summed E-state index contributed by atoms with van der Waals surface area (Å²) in [4.78, 5) is 22.4. The molecule has 3 aromatic heterocycles. The zero-order valence-electron chi connectivity index (χ0n) is 17.7. The third-order valence-corrected chi connectivity index (χ3v) is 6.96. The first kappa shape index (κ1) is 20.0. The predicted molar refractivity (Wildman–Crippen MR) is 125 cm³/mol. The third-order valence-electron chi connectivity index (χ3n) is 6.05. The number of thioether (sulfide) groups is 1. The van der Waals surface area contributed by atoms with Crippen LogP contribution in [0, 0.1) is 0 Å². The van der Waals surface area contributed by atoms with Crippen molar-refractivity contribution in [2.45, 2.75) is 35.7 Å². The van der Waals surface area contributed by atoms with Crippen LogP contribution in [0.25, 0.3) is 0 Å². The number of hydrogen-bond acceptors (Lipinski definition) is 7. The van der Waals surface area contributed by atoms with Gasteiger partial charge in [-0.15, -0.1) is 5.10 Å². The second-order valence-corrected chi connectivity index (χ2v) is 9.13. The van der Waals surface area contributed by atoms with Crippen molar-refractivity contribution in [1.82, 2.24) is 19.7 Å². The van der Waals surface area contributed by atoms with Gasteiger partial charge in [-0.3, -0.25) is 9.78 Å². The largest absolute Gasteiger partial charge is 0.469 e. The fourth-order valence-corrected chi connectivity index (χ4v) is 5.32. The molecule has 1 aromatic carbocycles. The number of ketones is 1. The third kappa shape index (κ3) is 3.76. The van der Waals surface area contributed by atoms with Crippen LogP contribution < -0.4 is 5.32 Å². The van der Waals surface area contributed by atoms with Crippen LogP contribution in [0.4, 0.5) is 5.95 Å². The highest BCUT2D eigenvalue weighted by Gasteiger charge is 2.40. The SMILES string of the molecule is O=C1CC(c2ccco2)CC2=C1C(c1ccccc1)n1nc(SCc3cccnc3)nc1N2. The highest BCUT2D eigenvalue weighted by Crippen LogP contribution is 2.44. The molecule has 2 unspecified atom stereocenters. The van der Waals surface area contributed by atoms with Crippen molar-refractivity contribution in [3.63, 3.8) is 0 Å². The minimum absolute atomic E-state index is 0.0177. The molecule has 0 amide bonds. The Balaban J connectivity index is 1.37. The van der Waals surface area contributed by atoms with E-state index in [9.17, 15) is 4.79 Å². The van der Waals surface area contributed by atoms with E-state index in [1.54, 1.807) is 24.2 Å². The fraction of sp³-hybridized carbons (Fsp3) is 0.200. The van der Waals surface area contributed by atoms with E-state index in [2.05, 4.69) is 10.3 Å². The highest BCUT2D eigenvalue weighted by molar-refractivity contribution is 7.98. The maximum Gasteiger partial charge on any atom is 0.227 e. The average molecular weight is 456 g/mol. The Hall–Kier alpha value is -3.65. The van der Waals surface area contributed by atoms with Gasteiger partial charge in [-0.05, 0) is 35.7 Å². The summed E-state index contributed by atoms with van der Waals surface area (Å²) < 4.78 is 7.47. The Morgan fingerprint density at radius 3 is 2.79 bits per heavy atom. The van der Waals surface area contributed by atoms with Gasteiger partial charge in [-0.1, -0.05) is 48.2 Å². The number of benzene rings is 1. The second kappa shape index (κ2) is 8.37. The lowest BCUT2D eigenvalue weighted by Crippen LogP contribution is -2.33. The quantitative estimate of drug-likeness (QED) is 0.425. The van der Waals surface area contributed by atoms with Gasteiger partial charge in [0.1, 0.15) is 11.8 Å². The molecule has 6 rings (SSSR count). The molecule has 8 heteroatoms. The minimum atomic E-state index is -0.303. The summed E-state index contributed by atoms with van der Waals surface area (Å²) in [6, 6.07) is 17.5. The minimum Gasteiger partial charge on any atom is -0.469 e. The standard InChI is InChI=1S/C25H21N5O2S/c31-20-13-18(21-9-5-11-32-21)12-19-22(20)23(17-7-2-1-3-8-17)30-24(27-19)28-25(29-30)33-15-16-6-4-10-26-14-16/h1-11,14,18,23H,12-13,15H2,(H,27,28,29). The summed E-state index contributed by atoms with van der Waals surface area (Å²) in [5, 5.41) is 8.88. The van der Waals surface area contributed by atoms with Crippen LogP contribution in [0.2, 0.25) is 0 Å². The number of nitrogens with one attached hydrogen (secondary N) is 1. The normalized spacial score (nSPS) is 19.7. The zero-order chi connectivity index (χ0) is 22.2. The number of pyridine rings is 1. The zero-order valence-corrected chi connectivity index (χ0v) is 18.5. The first-order valence-electron chi connectivity index (χ1n) is 10.9. The second-order valence-electron chi connectivity index (χ2n) is 8.19. The number of carbonyl (C=O) groups excluding carboxylic acids is 1. The Morgan fingerprint density at radius 2 is 2.00 bits per heavy atom. The van der Waals surface area contributed by atoms with Crippen molar-refractivity contribution >= 4 is 23.5 Å². The molecule has 7 nitrogen and oxygen atoms in total. The molecule has 2 atom stereocenters. The van der Waals surface area contributed by atoms with Crippen LogP contribution in [0.5, 0.6) is 0 Å². The van der Waals surface area contributed by atoms with Crippen molar-refractivity contribution in [3.8, 4) is 0 Å². The molecule has 4 heterocycles. The van der Waals surface area contributed by atoms with Gasteiger partial charge in [-0.2, -0.15) is 4.98 Å². The first-order chi connectivity index (χ1) is 16.3. The van der Waals surface area contributed by atoms with E-state index in [0.29, 0.717) is 23.9 Å². The van der Waals surface area contributed by atoms with E-state index in [4.69, 9.17) is 14.5 Å². The van der Waals surface area contributed by atoms with Crippen molar-refractivity contribution < 1.29 is 9.21 Å². The summed E-state index contributed by atoms with van der Waals surface area (Å²) in [7, 11) is 0. The molecule has 1 aliphatic heterocycles. The van der Waals surface area contributed by atoms with Crippen molar-refractivity contribution in [2.75, 3.05) is 5.32 Å². The van der Waals surface area contributed by atoms with Gasteiger partial charge >= 0.3 is 0 Å². The Bertz CT molecular complexity index is 1320. The van der Waals surface area contributed by atoms with Gasteiger partial charge < -0.3 is 9.73 Å². The number of anilines is 1. The van der Waals surface area contributed by atoms with Crippen LogP contribution in [0.3, 0.4) is 0 Å². The molecule has 2 aliphatic rings. The molecule has 0 saturated carbocycles. The van der Waals surface area contributed by atoms with Crippen molar-refractivity contribution in [1.29, 1.82) is 0 Å². The van der Waals surface area contributed by atoms with E-state index < -0.39 is 0 Å². The summed E-state index contributed by atoms with van der Waals surface area (Å²) in [5.74, 6) is 2.35. The molecule has 0 bridgehead atoms. The number of carbonyl (C=O) groups is 1. The topological polar surface area (TPSA) is 85.8 Å². The number of furan rings is 1. The van der Waals surface area contributed by atoms with E-state index >= 15 is 0 Å². The summed E-state index contributed by atoms with van der Waals surface area (Å²) in [5.41, 5.74) is 3.80. The van der Waals surface area contributed by atoms with E-state index in [0.717, 1.165) is 33.9 Å². The first-order valence-corrected chi connectivity index (χ1v) is 11.8. The number of nitrogens with zero attached hydrogens (tertiary/aromatic N) is 4. The summed E-state index contributed by atoms with van der Waals surface area (Å²) in [6.45, 7) is 0. The molecular weight excluding hydrogens is 434 g/mol. The summed E-state index contributed by atoms with van der Waals surface area (Å²) in [6.07, 6.45) is 6.39. The molecule has 0 fully saturated rings. The molecule has 0 saturated heterocycles. The maximum absolute atomic E-state index is 13.4. The molecule has 1 aliphatic carbocycles. The molecule has 0 radical (unpaired) electrons. The molecule has 33 heavy (non-hydrogen) atoms. The molecule has 1 N–H and O–H groups in total. The van der Waals surface area contributed by atoms with Crippen molar-refractivity contribution in [3.05, 3.63) is 101 Å². The van der Waals surface area contributed by atoms with Crippen LogP contribution in [0.15, 0.2) is 94.1 Å². The fourth-order valence-electron chi connectivity index (χ4n) is 4.55. The monoisotopic (exact) mass is 455 g/mol. The smallest absolute Gasteiger partial charge is 0.227 e. The molecular formula is C25H21N5O2S. The van der Waals surface area contributed by atoms with Crippen LogP contribution >= 0.6 is 11.8 Å². The Labute approximate surface area is 194 Å². The van der Waals surface area contributed by atoms with Gasteiger partial charge in [0.25, 0.3) is 0 Å². The molecule has 164 valence electrons. The predicted octanol–water partition coefficient (Wildman–Crippen LogP) is 4.97. The Morgan fingerprint density at radius 1 is 1.09 bits per heavy atom. The average Bonchev–Trinajstić information content (AvgIpc) is 3.52. The van der Waals surface area contributed by atoms with Crippen LogP contribution in [-0.2, 0) is 10.5 Å². The van der Waals surface area contributed by atoms with E-state index in [1.165, 1.54) is 0 Å². The van der Waals surface area contributed by atoms with Gasteiger partial charge in [0.2, 0.25) is 11.1 Å². The van der Waals surface area contributed by atoms with Gasteiger partial charge in [0.15, 0.2) is 5.78 Å². The van der Waals surface area contributed by atoms with E-state index in [-0.39, 0.29) is 17.7 Å². The number of hydrogen-bond donors (Lipinski definition) is 1. The van der Waals surface area contributed by atoms with Crippen LogP contribution in [0.1, 0.15) is 41.7 Å². The summed E-state index contributed by atoms with van der Waals surface area (Å²) >= 11 is 1.56. The number of allylic oxidation sites excluding steroid dienone is 2. The molecule has 0 spiro atoms. The van der Waals surface area contributed by atoms with E-state index in [1.807, 2.05) is 65.5 Å². The molecule has 4 aromatic rings. The lowest BCUT2D eigenvalue weighted by atomic mass is 9.79. The number of rotatable bonds is 5. The van der Waals surface area contributed by atoms with Gasteiger partial charge in [0.05, 0.1) is 6.26 Å². The van der Waals surface area contributed by atoms with Gasteiger partial charge in [0, 0.05) is 41.8 Å². The van der Waals surface area contributed by atoms with Crippen molar-refractivity contribution in [2.24, 2.45) is 0 Å². The number of Topliss-reactive ketones (excluding diaryl/α,β-unsaturated/α-hetero) is 1. The lowest BCUT2D eigenvalue weighted by molar-refractivity contribution is -0.117. The maximum atomic E-state index is 13.4. The Kier molecular flexibility index (Phi) is 5.07. The number of fused-ring (bicyclic) bond motifs is 1. The number of aromatic nitrogens is 4. The van der Waals surface area contributed by atoms with Crippen LogP contribution in [-0.4, -0.2) is 25.5 Å². The lowest BCUT2D eigenvalue weighted by Gasteiger charge is -2.34.